The number of pyridine rings is 1. The van der Waals surface area contributed by atoms with E-state index in [1.807, 2.05) is 46.9 Å². The van der Waals surface area contributed by atoms with E-state index < -0.39 is 0 Å². The fourth-order valence-electron chi connectivity index (χ4n) is 6.99. The van der Waals surface area contributed by atoms with Crippen molar-refractivity contribution in [1.82, 2.24) is 14.5 Å². The Bertz CT molecular complexity index is 2230. The zero-order valence-electron chi connectivity index (χ0n) is 33.4. The molecule has 3 heterocycles. The highest BCUT2D eigenvalue weighted by Crippen LogP contribution is 2.43. The zero-order valence-corrected chi connectivity index (χ0v) is 33.4. The molecule has 272 valence electrons. The molecule has 3 aliphatic rings. The van der Waals surface area contributed by atoms with Crippen LogP contribution in [0.2, 0.25) is 0 Å². The van der Waals surface area contributed by atoms with Gasteiger partial charge in [0.25, 0.3) is 0 Å². The third-order valence-electron chi connectivity index (χ3n) is 9.82. The number of aromatic nitrogens is 2. The predicted octanol–water partition coefficient (Wildman–Crippen LogP) is 13.4. The van der Waals surface area contributed by atoms with Gasteiger partial charge in [0.05, 0.1) is 16.9 Å². The minimum Gasteiger partial charge on any atom is -0.335 e. The SMILES string of the molecule is CC.CC.CC=C(C)C.Cc1ccc(-c2cccc3c4c(n(C5C=C(c6ccccc6)N=C(C6=CC=CC6)N5C)c23)C=CC4)cc1-c1ncccc1C. The van der Waals surface area contributed by atoms with E-state index in [9.17, 15) is 0 Å². The molecule has 0 spiro atoms. The van der Waals surface area contributed by atoms with Crippen molar-refractivity contribution in [2.75, 3.05) is 7.05 Å². The second-order valence-corrected chi connectivity index (χ2v) is 13.3. The van der Waals surface area contributed by atoms with Crippen LogP contribution < -0.4 is 0 Å². The Morgan fingerprint density at radius 2 is 1.55 bits per heavy atom. The molecule has 53 heavy (non-hydrogen) atoms. The van der Waals surface area contributed by atoms with Gasteiger partial charge in [-0.2, -0.15) is 0 Å². The minimum absolute atomic E-state index is 0.0580. The summed E-state index contributed by atoms with van der Waals surface area (Å²) in [5.74, 6) is 1.03. The largest absolute Gasteiger partial charge is 0.335 e. The maximum atomic E-state index is 5.25. The molecule has 0 N–H and O–H groups in total. The fraction of sp³-hybridized carbons (Fsp3) is 0.265. The van der Waals surface area contributed by atoms with Crippen molar-refractivity contribution >= 4 is 28.5 Å². The van der Waals surface area contributed by atoms with Crippen molar-refractivity contribution in [3.63, 3.8) is 0 Å². The number of amidine groups is 1. The number of aryl methyl sites for hydroxylation is 2. The molecule has 0 saturated heterocycles. The number of hydrogen-bond acceptors (Lipinski definition) is 3. The number of para-hydroxylation sites is 1. The van der Waals surface area contributed by atoms with Crippen LogP contribution in [0, 0.1) is 13.8 Å². The fourth-order valence-corrected chi connectivity index (χ4v) is 6.99. The molecule has 1 atom stereocenters. The van der Waals surface area contributed by atoms with Crippen LogP contribution in [0.15, 0.2) is 138 Å². The van der Waals surface area contributed by atoms with Crippen LogP contribution in [-0.2, 0) is 6.42 Å². The molecule has 0 saturated carbocycles. The molecule has 0 fully saturated rings. The molecule has 3 aromatic carbocycles. The van der Waals surface area contributed by atoms with Crippen molar-refractivity contribution < 1.29 is 0 Å². The summed E-state index contributed by atoms with van der Waals surface area (Å²) in [5, 5.41) is 1.31. The van der Waals surface area contributed by atoms with Crippen molar-refractivity contribution in [3.05, 3.63) is 161 Å². The average molecular weight is 701 g/mol. The molecule has 4 nitrogen and oxygen atoms in total. The number of hydrogen-bond donors (Lipinski definition) is 0. The number of rotatable bonds is 5. The minimum atomic E-state index is -0.0580. The maximum Gasteiger partial charge on any atom is 0.134 e. The third kappa shape index (κ3) is 7.98. The van der Waals surface area contributed by atoms with Gasteiger partial charge in [-0.15, -0.1) is 0 Å². The van der Waals surface area contributed by atoms with Crippen molar-refractivity contribution in [2.24, 2.45) is 4.99 Å². The second-order valence-electron chi connectivity index (χ2n) is 13.3. The van der Waals surface area contributed by atoms with Gasteiger partial charge in [0, 0.05) is 41.0 Å². The normalized spacial score (nSPS) is 15.2. The highest BCUT2D eigenvalue weighted by Gasteiger charge is 2.32. The molecular weight excluding hydrogens is 645 g/mol. The lowest BCUT2D eigenvalue weighted by molar-refractivity contribution is 0.340. The number of fused-ring (bicyclic) bond motifs is 3. The summed E-state index contributed by atoms with van der Waals surface area (Å²) in [6.45, 7) is 18.5. The predicted molar refractivity (Wildman–Crippen MR) is 231 cm³/mol. The summed E-state index contributed by atoms with van der Waals surface area (Å²) in [5.41, 5.74) is 15.8. The summed E-state index contributed by atoms with van der Waals surface area (Å²) < 4.78 is 2.55. The standard InChI is InChI=1S/C40H34N4.C5H10.2C2H6/c1-26-21-22-30(24-34(26)38-27(2)12-11-23-41-38)31-17-9-19-33-32-18-10-20-36(32)44(39(31)33)37-25-35(28-13-5-4-6-14-28)42-40(43(37)3)29-15-7-8-16-29;1-4-5(2)3;2*1-2/h4-15,17,19-25,37H,16,18H2,1-3H3;4H,1-3H3;2*1-2H3. The lowest BCUT2D eigenvalue weighted by Crippen LogP contribution is -2.37. The van der Waals surface area contributed by atoms with E-state index in [0.29, 0.717) is 0 Å². The Labute approximate surface area is 318 Å². The maximum absolute atomic E-state index is 5.25. The summed E-state index contributed by atoms with van der Waals surface area (Å²) in [6, 6.07) is 28.3. The quantitative estimate of drug-likeness (QED) is 0.171. The first-order chi connectivity index (χ1) is 25.9. The topological polar surface area (TPSA) is 33.4 Å². The number of allylic oxidation sites excluding steroid dienone is 6. The highest BCUT2D eigenvalue weighted by molar-refractivity contribution is 6.05. The third-order valence-corrected chi connectivity index (χ3v) is 9.82. The Hall–Kier alpha value is -5.48. The first-order valence-corrected chi connectivity index (χ1v) is 19.3. The number of likely N-dealkylation sites (N-methyl/N-ethyl adjacent to an activating group) is 1. The van der Waals surface area contributed by atoms with Crippen molar-refractivity contribution in [3.8, 4) is 22.4 Å². The Morgan fingerprint density at radius 3 is 2.23 bits per heavy atom. The lowest BCUT2D eigenvalue weighted by atomic mass is 9.94. The summed E-state index contributed by atoms with van der Waals surface area (Å²) >= 11 is 0. The van der Waals surface area contributed by atoms with E-state index in [0.717, 1.165) is 35.6 Å². The van der Waals surface area contributed by atoms with E-state index in [1.165, 1.54) is 61.1 Å². The Kier molecular flexibility index (Phi) is 13.0. The van der Waals surface area contributed by atoms with Gasteiger partial charge in [-0.3, -0.25) is 4.98 Å². The first kappa shape index (κ1) is 38.7. The van der Waals surface area contributed by atoms with E-state index in [4.69, 9.17) is 9.98 Å². The van der Waals surface area contributed by atoms with E-state index >= 15 is 0 Å². The Balaban J connectivity index is 0.000000550. The molecule has 0 bridgehead atoms. The van der Waals surface area contributed by atoms with Crippen molar-refractivity contribution in [2.45, 2.75) is 81.3 Å². The van der Waals surface area contributed by atoms with Crippen LogP contribution in [0.5, 0.6) is 0 Å². The molecule has 1 unspecified atom stereocenters. The monoisotopic (exact) mass is 700 g/mol. The number of nitrogens with zero attached hydrogens (tertiary/aromatic N) is 4. The van der Waals surface area contributed by atoms with Gasteiger partial charge < -0.3 is 9.47 Å². The van der Waals surface area contributed by atoms with E-state index in [-0.39, 0.29) is 6.17 Å². The molecule has 4 heteroatoms. The molecule has 1 aliphatic heterocycles. The molecule has 5 aromatic rings. The van der Waals surface area contributed by atoms with E-state index in [1.54, 1.807) is 0 Å². The second kappa shape index (κ2) is 17.8. The number of benzene rings is 3. The Morgan fingerprint density at radius 1 is 0.792 bits per heavy atom. The smallest absolute Gasteiger partial charge is 0.134 e. The molecule has 0 amide bonds. The van der Waals surface area contributed by atoms with Gasteiger partial charge in [-0.05, 0) is 99.6 Å². The van der Waals surface area contributed by atoms with Gasteiger partial charge in [-0.25, -0.2) is 4.99 Å². The van der Waals surface area contributed by atoms with Gasteiger partial charge >= 0.3 is 0 Å². The van der Waals surface area contributed by atoms with E-state index in [2.05, 4.69) is 160 Å². The zero-order chi connectivity index (χ0) is 38.1. The van der Waals surface area contributed by atoms with Gasteiger partial charge in [-0.1, -0.05) is 130 Å². The molecule has 8 rings (SSSR count). The van der Waals surface area contributed by atoms with Crippen molar-refractivity contribution in [1.29, 1.82) is 0 Å². The highest BCUT2D eigenvalue weighted by atomic mass is 15.3. The van der Waals surface area contributed by atoms with Gasteiger partial charge in [0.15, 0.2) is 0 Å². The van der Waals surface area contributed by atoms with Crippen LogP contribution in [-0.4, -0.2) is 27.3 Å². The molecule has 2 aromatic heterocycles. The molecule has 2 aliphatic carbocycles. The first-order valence-electron chi connectivity index (χ1n) is 19.3. The van der Waals surface area contributed by atoms with Crippen LogP contribution in [0.3, 0.4) is 0 Å². The average Bonchev–Trinajstić information content (AvgIpc) is 3.97. The summed E-state index contributed by atoms with van der Waals surface area (Å²) in [6.07, 6.45) is 19.3. The van der Waals surface area contributed by atoms with Crippen LogP contribution in [0.1, 0.15) is 89.0 Å². The molecule has 0 radical (unpaired) electrons. The van der Waals surface area contributed by atoms with Gasteiger partial charge in [0.2, 0.25) is 0 Å². The summed E-state index contributed by atoms with van der Waals surface area (Å²) in [4.78, 5) is 12.4. The van der Waals surface area contributed by atoms with Crippen LogP contribution in [0.25, 0.3) is 45.1 Å². The van der Waals surface area contributed by atoms with Crippen LogP contribution >= 0.6 is 0 Å². The van der Waals surface area contributed by atoms with Gasteiger partial charge in [0.1, 0.15) is 12.0 Å². The lowest BCUT2D eigenvalue weighted by Gasteiger charge is -2.36. The molecular formula is C49H56N4. The van der Waals surface area contributed by atoms with Crippen LogP contribution in [0.4, 0.5) is 0 Å². The number of aliphatic imine (C=N–C) groups is 1. The summed E-state index contributed by atoms with van der Waals surface area (Å²) in [7, 11) is 2.19.